The summed E-state index contributed by atoms with van der Waals surface area (Å²) in [6, 6.07) is 5.79. The molecule has 1 aromatic carbocycles. The molecule has 0 atom stereocenters. The molecule has 2 rings (SSSR count). The van der Waals surface area contributed by atoms with Crippen LogP contribution in [0, 0.1) is 6.92 Å². The lowest BCUT2D eigenvalue weighted by molar-refractivity contribution is 0.471. The predicted molar refractivity (Wildman–Crippen MR) is 70.4 cm³/mol. The molecule has 16 heavy (non-hydrogen) atoms. The van der Waals surface area contributed by atoms with Crippen molar-refractivity contribution in [3.63, 3.8) is 0 Å². The molecule has 5 heteroatoms. The fraction of sp³-hybridized carbons (Fsp3) is 0.182. The Balaban J connectivity index is 2.62. The van der Waals surface area contributed by atoms with Gasteiger partial charge in [0.15, 0.2) is 5.75 Å². The van der Waals surface area contributed by atoms with Crippen LogP contribution in [0.4, 0.5) is 0 Å². The van der Waals surface area contributed by atoms with Gasteiger partial charge in [-0.2, -0.15) is 5.10 Å². The summed E-state index contributed by atoms with van der Waals surface area (Å²) in [5.41, 5.74) is 2.23. The second kappa shape index (κ2) is 4.22. The summed E-state index contributed by atoms with van der Waals surface area (Å²) in [5, 5.41) is 14.2. The van der Waals surface area contributed by atoms with Crippen LogP contribution in [-0.2, 0) is 7.05 Å². The maximum absolute atomic E-state index is 9.94. The van der Waals surface area contributed by atoms with Crippen LogP contribution in [0.5, 0.6) is 5.75 Å². The van der Waals surface area contributed by atoms with E-state index in [-0.39, 0.29) is 5.75 Å². The van der Waals surface area contributed by atoms with Gasteiger partial charge in [-0.3, -0.25) is 4.68 Å². The molecular formula is C11H10Br2N2O. The first kappa shape index (κ1) is 11.7. The van der Waals surface area contributed by atoms with Crippen LogP contribution in [0.1, 0.15) is 5.69 Å². The van der Waals surface area contributed by atoms with Crippen LogP contribution in [0.25, 0.3) is 11.3 Å². The highest BCUT2D eigenvalue weighted by Gasteiger charge is 2.14. The molecule has 0 saturated carbocycles. The number of aromatic hydroxyl groups is 1. The van der Waals surface area contributed by atoms with Gasteiger partial charge in [-0.1, -0.05) is 31.9 Å². The highest BCUT2D eigenvalue weighted by atomic mass is 79.9. The molecular weight excluding hydrogens is 336 g/mol. The third-order valence-corrected chi connectivity index (χ3v) is 3.35. The Labute approximate surface area is 110 Å². The SMILES string of the molecule is Cc1c(O)c(-c2cc(Br)cc(Br)c2)nn1C. The van der Waals surface area contributed by atoms with E-state index in [4.69, 9.17) is 0 Å². The number of rotatable bonds is 1. The summed E-state index contributed by atoms with van der Waals surface area (Å²) < 4.78 is 3.55. The molecule has 0 spiro atoms. The lowest BCUT2D eigenvalue weighted by Gasteiger charge is -2.00. The molecule has 0 aliphatic heterocycles. The number of hydrogen-bond acceptors (Lipinski definition) is 2. The van der Waals surface area contributed by atoms with Crippen molar-refractivity contribution < 1.29 is 5.11 Å². The van der Waals surface area contributed by atoms with E-state index in [1.165, 1.54) is 0 Å². The second-order valence-corrected chi connectivity index (χ2v) is 5.40. The summed E-state index contributed by atoms with van der Waals surface area (Å²) in [7, 11) is 1.81. The normalized spacial score (nSPS) is 10.8. The van der Waals surface area contributed by atoms with Crippen LogP contribution >= 0.6 is 31.9 Å². The quantitative estimate of drug-likeness (QED) is 0.857. The Morgan fingerprint density at radius 1 is 1.19 bits per heavy atom. The molecule has 0 saturated heterocycles. The van der Waals surface area contributed by atoms with Crippen molar-refractivity contribution in [3.05, 3.63) is 32.8 Å². The molecule has 3 nitrogen and oxygen atoms in total. The number of hydrogen-bond donors (Lipinski definition) is 1. The van der Waals surface area contributed by atoms with Gasteiger partial charge < -0.3 is 5.11 Å². The second-order valence-electron chi connectivity index (χ2n) is 3.56. The molecule has 0 radical (unpaired) electrons. The third kappa shape index (κ3) is 2.01. The molecule has 0 amide bonds. The van der Waals surface area contributed by atoms with Gasteiger partial charge in [0.05, 0.1) is 5.69 Å². The zero-order valence-electron chi connectivity index (χ0n) is 8.83. The Morgan fingerprint density at radius 3 is 2.19 bits per heavy atom. The minimum absolute atomic E-state index is 0.229. The molecule has 1 heterocycles. The fourth-order valence-electron chi connectivity index (χ4n) is 1.48. The summed E-state index contributed by atoms with van der Waals surface area (Å²) in [5.74, 6) is 0.229. The molecule has 0 aliphatic carbocycles. The number of aromatic nitrogens is 2. The van der Waals surface area contributed by atoms with Gasteiger partial charge in [0.25, 0.3) is 0 Å². The average molecular weight is 346 g/mol. The zero-order chi connectivity index (χ0) is 11.9. The van der Waals surface area contributed by atoms with Gasteiger partial charge in [0, 0.05) is 21.6 Å². The number of halogens is 2. The summed E-state index contributed by atoms with van der Waals surface area (Å²) in [6.45, 7) is 1.83. The van der Waals surface area contributed by atoms with Crippen molar-refractivity contribution in [1.29, 1.82) is 0 Å². The van der Waals surface area contributed by atoms with Crippen molar-refractivity contribution in [2.24, 2.45) is 7.05 Å². The standard InChI is InChI=1S/C11H10Br2N2O/c1-6-11(16)10(14-15(6)2)7-3-8(12)5-9(13)4-7/h3-5,16H,1-2H3. The van der Waals surface area contributed by atoms with Gasteiger partial charge in [0.2, 0.25) is 0 Å². The largest absolute Gasteiger partial charge is 0.504 e. The topological polar surface area (TPSA) is 38.1 Å². The van der Waals surface area contributed by atoms with Crippen molar-refractivity contribution >= 4 is 31.9 Å². The highest BCUT2D eigenvalue weighted by molar-refractivity contribution is 9.11. The van der Waals surface area contributed by atoms with Crippen molar-refractivity contribution in [3.8, 4) is 17.0 Å². The lowest BCUT2D eigenvalue weighted by atomic mass is 10.1. The van der Waals surface area contributed by atoms with Crippen molar-refractivity contribution in [2.75, 3.05) is 0 Å². The first-order chi connectivity index (χ1) is 7.49. The van der Waals surface area contributed by atoms with E-state index < -0.39 is 0 Å². The van der Waals surface area contributed by atoms with E-state index in [1.807, 2.05) is 32.2 Å². The average Bonchev–Trinajstić information content (AvgIpc) is 2.44. The van der Waals surface area contributed by atoms with Crippen LogP contribution in [0.2, 0.25) is 0 Å². The van der Waals surface area contributed by atoms with Gasteiger partial charge >= 0.3 is 0 Å². The molecule has 0 fully saturated rings. The highest BCUT2D eigenvalue weighted by Crippen LogP contribution is 2.33. The Bertz CT molecular complexity index is 529. The minimum Gasteiger partial charge on any atom is -0.504 e. The van der Waals surface area contributed by atoms with Crippen LogP contribution < -0.4 is 0 Å². The Morgan fingerprint density at radius 2 is 1.75 bits per heavy atom. The van der Waals surface area contributed by atoms with E-state index in [0.717, 1.165) is 20.2 Å². The smallest absolute Gasteiger partial charge is 0.164 e. The Kier molecular flexibility index (Phi) is 3.08. The number of nitrogens with zero attached hydrogens (tertiary/aromatic N) is 2. The number of benzene rings is 1. The van der Waals surface area contributed by atoms with E-state index in [2.05, 4.69) is 37.0 Å². The molecule has 0 bridgehead atoms. The minimum atomic E-state index is 0.229. The fourth-order valence-corrected chi connectivity index (χ4v) is 2.78. The maximum atomic E-state index is 9.94. The first-order valence-corrected chi connectivity index (χ1v) is 6.26. The molecule has 84 valence electrons. The van der Waals surface area contributed by atoms with E-state index in [9.17, 15) is 5.11 Å². The molecule has 1 N–H and O–H groups in total. The van der Waals surface area contributed by atoms with E-state index in [1.54, 1.807) is 4.68 Å². The zero-order valence-corrected chi connectivity index (χ0v) is 12.0. The van der Waals surface area contributed by atoms with Gasteiger partial charge in [0.1, 0.15) is 5.69 Å². The summed E-state index contributed by atoms with van der Waals surface area (Å²) in [4.78, 5) is 0. The molecule has 0 unspecified atom stereocenters. The van der Waals surface area contributed by atoms with Gasteiger partial charge in [-0.05, 0) is 25.1 Å². The van der Waals surface area contributed by atoms with Crippen LogP contribution in [0.3, 0.4) is 0 Å². The van der Waals surface area contributed by atoms with Crippen LogP contribution in [0.15, 0.2) is 27.1 Å². The third-order valence-electron chi connectivity index (χ3n) is 2.44. The van der Waals surface area contributed by atoms with E-state index in [0.29, 0.717) is 5.69 Å². The lowest BCUT2D eigenvalue weighted by Crippen LogP contribution is -1.92. The molecule has 2 aromatic rings. The predicted octanol–water partition coefficient (Wildman–Crippen LogP) is 3.63. The maximum Gasteiger partial charge on any atom is 0.164 e. The number of aryl methyl sites for hydroxylation is 1. The van der Waals surface area contributed by atoms with Crippen molar-refractivity contribution in [1.82, 2.24) is 9.78 Å². The summed E-state index contributed by atoms with van der Waals surface area (Å²) in [6.07, 6.45) is 0. The Hall–Kier alpha value is -0.810. The van der Waals surface area contributed by atoms with E-state index >= 15 is 0 Å². The van der Waals surface area contributed by atoms with Crippen LogP contribution in [-0.4, -0.2) is 14.9 Å². The first-order valence-electron chi connectivity index (χ1n) is 4.68. The molecule has 0 aliphatic rings. The van der Waals surface area contributed by atoms with Crippen molar-refractivity contribution in [2.45, 2.75) is 6.92 Å². The molecule has 1 aromatic heterocycles. The summed E-state index contributed by atoms with van der Waals surface area (Å²) >= 11 is 6.83. The van der Waals surface area contributed by atoms with Gasteiger partial charge in [-0.15, -0.1) is 0 Å². The van der Waals surface area contributed by atoms with Gasteiger partial charge in [-0.25, -0.2) is 0 Å². The monoisotopic (exact) mass is 344 g/mol.